The first-order valence-electron chi connectivity index (χ1n) is 11.1. The quantitative estimate of drug-likeness (QED) is 0.483. The number of hydrogen-bond donors (Lipinski definition) is 1. The van der Waals surface area contributed by atoms with Crippen LogP contribution in [-0.2, 0) is 10.0 Å². The third-order valence-electron chi connectivity index (χ3n) is 6.94. The van der Waals surface area contributed by atoms with E-state index in [4.69, 9.17) is 0 Å². The van der Waals surface area contributed by atoms with Crippen molar-refractivity contribution in [2.75, 3.05) is 11.9 Å². The van der Waals surface area contributed by atoms with Crippen molar-refractivity contribution in [1.82, 2.24) is 4.31 Å². The van der Waals surface area contributed by atoms with Gasteiger partial charge >= 0.3 is 0 Å². The summed E-state index contributed by atoms with van der Waals surface area (Å²) in [6, 6.07) is 24.0. The van der Waals surface area contributed by atoms with Gasteiger partial charge in [-0.15, -0.1) is 0 Å². The summed E-state index contributed by atoms with van der Waals surface area (Å²) in [5.74, 6) is 0.270. The molecule has 0 saturated carbocycles. The van der Waals surface area contributed by atoms with Crippen LogP contribution >= 0.6 is 15.9 Å². The minimum Gasteiger partial charge on any atom is -0.380 e. The molecule has 32 heavy (non-hydrogen) atoms. The van der Waals surface area contributed by atoms with Gasteiger partial charge in [0, 0.05) is 40.6 Å². The topological polar surface area (TPSA) is 49.4 Å². The average molecular weight is 511 g/mol. The van der Waals surface area contributed by atoms with E-state index in [1.165, 1.54) is 11.1 Å². The molecule has 2 aliphatic rings. The van der Waals surface area contributed by atoms with Gasteiger partial charge in [-0.1, -0.05) is 70.9 Å². The Morgan fingerprint density at radius 3 is 2.44 bits per heavy atom. The molecule has 3 aromatic carbocycles. The fourth-order valence-electron chi connectivity index (χ4n) is 5.44. The highest BCUT2D eigenvalue weighted by molar-refractivity contribution is 9.10. The van der Waals surface area contributed by atoms with Crippen LogP contribution in [0.2, 0.25) is 0 Å². The highest BCUT2D eigenvalue weighted by Crippen LogP contribution is 2.49. The first kappa shape index (κ1) is 21.7. The van der Waals surface area contributed by atoms with Crippen molar-refractivity contribution < 1.29 is 8.42 Å². The molecule has 0 aliphatic carbocycles. The van der Waals surface area contributed by atoms with E-state index < -0.39 is 10.0 Å². The number of halogens is 1. The Balaban J connectivity index is 1.61. The van der Waals surface area contributed by atoms with E-state index in [1.807, 2.05) is 31.2 Å². The number of fused-ring (bicyclic) bond motifs is 2. The summed E-state index contributed by atoms with van der Waals surface area (Å²) in [4.78, 5) is 0.372. The lowest BCUT2D eigenvalue weighted by Crippen LogP contribution is -2.44. The summed E-state index contributed by atoms with van der Waals surface area (Å²) in [7, 11) is -3.59. The Bertz CT molecular complexity index is 1230. The van der Waals surface area contributed by atoms with Gasteiger partial charge in [-0.05, 0) is 54.8 Å². The van der Waals surface area contributed by atoms with E-state index in [-0.39, 0.29) is 23.9 Å². The number of nitrogens with one attached hydrogen (secondary N) is 1. The predicted molar refractivity (Wildman–Crippen MR) is 132 cm³/mol. The van der Waals surface area contributed by atoms with Crippen molar-refractivity contribution >= 4 is 31.6 Å². The lowest BCUT2D eigenvalue weighted by molar-refractivity contribution is 0.369. The summed E-state index contributed by atoms with van der Waals surface area (Å²) >= 11 is 3.63. The molecule has 1 N–H and O–H groups in total. The van der Waals surface area contributed by atoms with Crippen LogP contribution in [0.1, 0.15) is 36.0 Å². The lowest BCUT2D eigenvalue weighted by Gasteiger charge is -2.38. The molecule has 0 radical (unpaired) electrons. The van der Waals surface area contributed by atoms with Crippen molar-refractivity contribution in [2.45, 2.75) is 43.2 Å². The zero-order valence-corrected chi connectivity index (χ0v) is 20.6. The van der Waals surface area contributed by atoms with Crippen LogP contribution in [0.5, 0.6) is 0 Å². The predicted octanol–water partition coefficient (Wildman–Crippen LogP) is 5.78. The summed E-state index contributed by atoms with van der Waals surface area (Å²) in [6.45, 7) is 4.55. The van der Waals surface area contributed by atoms with Gasteiger partial charge in [0.1, 0.15) is 0 Å². The molecule has 0 spiro atoms. The summed E-state index contributed by atoms with van der Waals surface area (Å²) in [5.41, 5.74) is 4.60. The van der Waals surface area contributed by atoms with Gasteiger partial charge in [0.25, 0.3) is 0 Å². The number of hydrogen-bond acceptors (Lipinski definition) is 3. The number of nitrogens with zero attached hydrogens (tertiary/aromatic N) is 1. The molecule has 0 aromatic heterocycles. The van der Waals surface area contributed by atoms with E-state index >= 15 is 0 Å². The zero-order chi connectivity index (χ0) is 22.5. The molecule has 1 fully saturated rings. The summed E-state index contributed by atoms with van der Waals surface area (Å²) in [5, 5.41) is 3.72. The van der Waals surface area contributed by atoms with Crippen molar-refractivity contribution in [3.8, 4) is 0 Å². The van der Waals surface area contributed by atoms with Crippen LogP contribution in [0.4, 0.5) is 5.69 Å². The van der Waals surface area contributed by atoms with E-state index in [0.29, 0.717) is 11.4 Å². The number of benzene rings is 3. The van der Waals surface area contributed by atoms with Crippen molar-refractivity contribution in [3.63, 3.8) is 0 Å². The fourth-order valence-corrected chi connectivity index (χ4v) is 7.57. The molecule has 4 nitrogen and oxygen atoms in total. The minimum atomic E-state index is -3.59. The van der Waals surface area contributed by atoms with Gasteiger partial charge in [-0.25, -0.2) is 8.42 Å². The number of anilines is 1. The van der Waals surface area contributed by atoms with E-state index in [1.54, 1.807) is 16.4 Å². The molecular weight excluding hydrogens is 484 g/mol. The van der Waals surface area contributed by atoms with Gasteiger partial charge in [0.05, 0.1) is 4.90 Å². The van der Waals surface area contributed by atoms with Crippen molar-refractivity contribution in [3.05, 3.63) is 94.0 Å². The first-order valence-corrected chi connectivity index (χ1v) is 13.3. The van der Waals surface area contributed by atoms with Gasteiger partial charge in [-0.2, -0.15) is 4.31 Å². The molecule has 166 valence electrons. The normalized spacial score (nSPS) is 25.1. The van der Waals surface area contributed by atoms with Crippen LogP contribution in [-0.4, -0.2) is 31.4 Å². The number of sulfonamides is 1. The SMILES string of the molecule is CCC1[C@@H]2Nc3ccc(Br)cc3C(c3ccccc3)[C@H]2CN1S(=O)(=O)c1ccc(C)cc1. The number of aryl methyl sites for hydroxylation is 1. The molecule has 0 amide bonds. The molecule has 2 heterocycles. The molecule has 4 atom stereocenters. The van der Waals surface area contributed by atoms with E-state index in [9.17, 15) is 8.42 Å². The van der Waals surface area contributed by atoms with Crippen molar-refractivity contribution in [2.24, 2.45) is 5.92 Å². The summed E-state index contributed by atoms with van der Waals surface area (Å²) < 4.78 is 30.2. The monoisotopic (exact) mass is 510 g/mol. The Morgan fingerprint density at radius 2 is 1.75 bits per heavy atom. The van der Waals surface area contributed by atoms with Crippen LogP contribution in [0, 0.1) is 12.8 Å². The van der Waals surface area contributed by atoms with Crippen LogP contribution < -0.4 is 5.32 Å². The maximum absolute atomic E-state index is 13.7. The smallest absolute Gasteiger partial charge is 0.243 e. The molecular formula is C26H27BrN2O2S. The second kappa shape index (κ2) is 8.32. The van der Waals surface area contributed by atoms with E-state index in [0.717, 1.165) is 22.1 Å². The maximum Gasteiger partial charge on any atom is 0.243 e. The Morgan fingerprint density at radius 1 is 1.03 bits per heavy atom. The largest absolute Gasteiger partial charge is 0.380 e. The third-order valence-corrected chi connectivity index (χ3v) is 9.34. The Hall–Kier alpha value is -2.15. The van der Waals surface area contributed by atoms with Crippen molar-refractivity contribution in [1.29, 1.82) is 0 Å². The fraction of sp³-hybridized carbons (Fsp3) is 0.308. The first-order chi connectivity index (χ1) is 15.4. The molecule has 5 rings (SSSR count). The Labute approximate surface area is 198 Å². The third kappa shape index (κ3) is 3.58. The van der Waals surface area contributed by atoms with Gasteiger partial charge in [0.15, 0.2) is 0 Å². The Kier molecular flexibility index (Phi) is 5.64. The molecule has 3 aromatic rings. The highest BCUT2D eigenvalue weighted by Gasteiger charge is 2.52. The summed E-state index contributed by atoms with van der Waals surface area (Å²) in [6.07, 6.45) is 0.757. The standard InChI is InChI=1S/C26H27BrN2O2S/c1-3-24-26-22(16-29(24)32(30,31)20-12-9-17(2)10-13-20)25(18-7-5-4-6-8-18)21-15-19(27)11-14-23(21)28-26/h4-15,22,24-26,28H,3,16H2,1-2H3/t22-,24?,25?,26-/m1/s1. The van der Waals surface area contributed by atoms with Crippen LogP contribution in [0.3, 0.4) is 0 Å². The average Bonchev–Trinajstić information content (AvgIpc) is 3.17. The molecule has 6 heteroatoms. The van der Waals surface area contributed by atoms with Crippen LogP contribution in [0.15, 0.2) is 82.2 Å². The van der Waals surface area contributed by atoms with Gasteiger partial charge < -0.3 is 5.32 Å². The minimum absolute atomic E-state index is 0.0547. The van der Waals surface area contributed by atoms with Gasteiger partial charge in [-0.3, -0.25) is 0 Å². The second-order valence-corrected chi connectivity index (χ2v) is 11.6. The van der Waals surface area contributed by atoms with Gasteiger partial charge in [0.2, 0.25) is 10.0 Å². The van der Waals surface area contributed by atoms with Crippen LogP contribution in [0.25, 0.3) is 0 Å². The van der Waals surface area contributed by atoms with E-state index in [2.05, 4.69) is 64.6 Å². The lowest BCUT2D eigenvalue weighted by atomic mass is 9.74. The maximum atomic E-state index is 13.7. The molecule has 2 aliphatic heterocycles. The molecule has 1 saturated heterocycles. The molecule has 0 bridgehead atoms. The number of rotatable bonds is 4. The zero-order valence-electron chi connectivity index (χ0n) is 18.2. The molecule has 2 unspecified atom stereocenters. The highest BCUT2D eigenvalue weighted by atomic mass is 79.9. The second-order valence-electron chi connectivity index (χ2n) is 8.82.